The highest BCUT2D eigenvalue weighted by atomic mass is 32.2. The molecule has 1 rings (SSSR count). The summed E-state index contributed by atoms with van der Waals surface area (Å²) in [5, 5.41) is 1.11. The van der Waals surface area contributed by atoms with Gasteiger partial charge in [0, 0.05) is 45.7 Å². The average Bonchev–Trinajstić information content (AvgIpc) is 2.54. The van der Waals surface area contributed by atoms with Gasteiger partial charge in [0.15, 0.2) is 0 Å². The molecule has 1 aromatic carbocycles. The number of methoxy groups -OCH3 is 1. The zero-order valence-corrected chi connectivity index (χ0v) is 14.4. The Hall–Kier alpha value is -1.70. The number of benzene rings is 1. The summed E-state index contributed by atoms with van der Waals surface area (Å²) in [6, 6.07) is 9.14. The van der Waals surface area contributed by atoms with Gasteiger partial charge in [0.2, 0.25) is 15.9 Å². The molecule has 23 heavy (non-hydrogen) atoms. The quantitative estimate of drug-likeness (QED) is 0.654. The number of hydrogen-bond donors (Lipinski definition) is 1. The number of carbonyl (C=O) groups is 1. The zero-order valence-electron chi connectivity index (χ0n) is 13.6. The fourth-order valence-corrected chi connectivity index (χ4v) is 2.66. The summed E-state index contributed by atoms with van der Waals surface area (Å²) in [4.78, 5) is 13.4. The minimum Gasteiger partial charge on any atom is -0.385 e. The number of sulfonamides is 1. The van der Waals surface area contributed by atoms with E-state index in [0.717, 1.165) is 17.4 Å². The average molecular weight is 340 g/mol. The van der Waals surface area contributed by atoms with E-state index < -0.39 is 10.0 Å². The van der Waals surface area contributed by atoms with Crippen molar-refractivity contribution in [2.24, 2.45) is 0 Å². The van der Waals surface area contributed by atoms with Gasteiger partial charge in [-0.3, -0.25) is 4.79 Å². The fraction of sp³-hybridized carbons (Fsp3) is 0.438. The normalized spacial score (nSPS) is 11.7. The van der Waals surface area contributed by atoms with E-state index in [4.69, 9.17) is 4.74 Å². The molecule has 0 aliphatic carbocycles. The first-order valence-corrected chi connectivity index (χ1v) is 8.95. The van der Waals surface area contributed by atoms with Crippen molar-refractivity contribution in [2.45, 2.75) is 12.8 Å². The van der Waals surface area contributed by atoms with E-state index in [2.05, 4.69) is 4.72 Å². The van der Waals surface area contributed by atoms with Gasteiger partial charge in [-0.15, -0.1) is 0 Å². The fourth-order valence-electron chi connectivity index (χ4n) is 1.84. The first kappa shape index (κ1) is 19.3. The molecular weight excluding hydrogens is 316 g/mol. The summed E-state index contributed by atoms with van der Waals surface area (Å²) in [7, 11) is -0.236. The van der Waals surface area contributed by atoms with Crippen molar-refractivity contribution >= 4 is 22.0 Å². The van der Waals surface area contributed by atoms with Crippen molar-refractivity contribution in [1.29, 1.82) is 0 Å². The van der Waals surface area contributed by atoms with Gasteiger partial charge in [-0.2, -0.15) is 0 Å². The van der Waals surface area contributed by atoms with Crippen molar-refractivity contribution in [2.75, 3.05) is 33.9 Å². The Morgan fingerprint density at radius 2 is 2.00 bits per heavy atom. The molecule has 7 heteroatoms. The summed E-state index contributed by atoms with van der Waals surface area (Å²) < 4.78 is 31.0. The Kier molecular flexibility index (Phi) is 8.53. The van der Waals surface area contributed by atoms with Crippen LogP contribution in [0.3, 0.4) is 0 Å². The lowest BCUT2D eigenvalue weighted by atomic mass is 10.2. The predicted octanol–water partition coefficient (Wildman–Crippen LogP) is 1.46. The van der Waals surface area contributed by atoms with Crippen LogP contribution in [0.15, 0.2) is 35.7 Å². The molecule has 0 aromatic heterocycles. The topological polar surface area (TPSA) is 75.7 Å². The van der Waals surface area contributed by atoms with Crippen molar-refractivity contribution in [3.63, 3.8) is 0 Å². The maximum Gasteiger partial charge on any atom is 0.233 e. The van der Waals surface area contributed by atoms with Gasteiger partial charge < -0.3 is 9.64 Å². The monoisotopic (exact) mass is 340 g/mol. The first-order valence-electron chi connectivity index (χ1n) is 7.40. The van der Waals surface area contributed by atoms with Crippen LogP contribution in [0, 0.1) is 0 Å². The molecule has 0 heterocycles. The van der Waals surface area contributed by atoms with Crippen LogP contribution >= 0.6 is 0 Å². The molecule has 0 fully saturated rings. The number of rotatable bonds is 10. The van der Waals surface area contributed by atoms with Gasteiger partial charge in [0.25, 0.3) is 0 Å². The molecule has 0 saturated carbocycles. The van der Waals surface area contributed by atoms with Crippen LogP contribution in [-0.2, 0) is 19.6 Å². The van der Waals surface area contributed by atoms with Crippen LogP contribution in [0.4, 0.5) is 0 Å². The predicted molar refractivity (Wildman–Crippen MR) is 91.1 cm³/mol. The second-order valence-corrected chi connectivity index (χ2v) is 6.72. The highest BCUT2D eigenvalue weighted by Crippen LogP contribution is 2.02. The Bertz CT molecular complexity index is 600. The molecule has 0 unspecified atom stereocenters. The largest absolute Gasteiger partial charge is 0.385 e. The third-order valence-electron chi connectivity index (χ3n) is 3.15. The molecule has 1 N–H and O–H groups in total. The van der Waals surface area contributed by atoms with E-state index in [1.807, 2.05) is 30.3 Å². The van der Waals surface area contributed by atoms with Crippen LogP contribution < -0.4 is 4.72 Å². The molecule has 6 nitrogen and oxygen atoms in total. The third kappa shape index (κ3) is 8.49. The van der Waals surface area contributed by atoms with Crippen molar-refractivity contribution in [3.05, 3.63) is 41.3 Å². The molecular formula is C16H24N2O4S. The molecule has 0 bridgehead atoms. The second-order valence-electron chi connectivity index (χ2n) is 5.06. The number of amides is 1. The summed E-state index contributed by atoms with van der Waals surface area (Å²) in [6.07, 6.45) is 2.40. The summed E-state index contributed by atoms with van der Waals surface area (Å²) in [6.45, 7) is 1.26. The second kappa shape index (κ2) is 10.1. The minimum absolute atomic E-state index is 0.0783. The standard InChI is InChI=1S/C16H24N2O4S/c1-18(12-6-13-22-2)16(19)9-11-17-23(20,21)14-10-15-7-4-3-5-8-15/h3-5,7-8,10,14,17H,6,9,11-13H2,1-2H3/b14-10+. The molecule has 1 aromatic rings. The number of hydrogen-bond acceptors (Lipinski definition) is 4. The summed E-state index contributed by atoms with van der Waals surface area (Å²) in [5.74, 6) is -0.101. The number of ether oxygens (including phenoxy) is 1. The zero-order chi connectivity index (χ0) is 17.1. The lowest BCUT2D eigenvalue weighted by Crippen LogP contribution is -2.32. The number of nitrogens with one attached hydrogen (secondary N) is 1. The molecule has 0 aliphatic heterocycles. The Morgan fingerprint density at radius 3 is 2.65 bits per heavy atom. The molecule has 0 aliphatic rings. The van der Waals surface area contributed by atoms with E-state index in [9.17, 15) is 13.2 Å². The molecule has 128 valence electrons. The van der Waals surface area contributed by atoms with Crippen molar-refractivity contribution in [3.8, 4) is 0 Å². The van der Waals surface area contributed by atoms with Gasteiger partial charge in [0.1, 0.15) is 0 Å². The smallest absolute Gasteiger partial charge is 0.233 e. The van der Waals surface area contributed by atoms with Crippen molar-refractivity contribution in [1.82, 2.24) is 9.62 Å². The Balaban J connectivity index is 2.36. The van der Waals surface area contributed by atoms with Gasteiger partial charge in [-0.1, -0.05) is 30.3 Å². The maximum atomic E-state index is 11.8. The van der Waals surface area contributed by atoms with Gasteiger partial charge in [-0.25, -0.2) is 13.1 Å². The summed E-state index contributed by atoms with van der Waals surface area (Å²) in [5.41, 5.74) is 0.798. The molecule has 0 spiro atoms. The number of nitrogens with zero attached hydrogens (tertiary/aromatic N) is 1. The third-order valence-corrected chi connectivity index (χ3v) is 4.25. The lowest BCUT2D eigenvalue weighted by Gasteiger charge is -2.16. The van der Waals surface area contributed by atoms with Crippen LogP contribution in [0.2, 0.25) is 0 Å². The Morgan fingerprint density at radius 1 is 1.30 bits per heavy atom. The Labute approximate surface area is 138 Å². The molecule has 1 amide bonds. The lowest BCUT2D eigenvalue weighted by molar-refractivity contribution is -0.129. The van der Waals surface area contributed by atoms with Crippen LogP contribution in [0.25, 0.3) is 6.08 Å². The van der Waals surface area contributed by atoms with Gasteiger partial charge >= 0.3 is 0 Å². The number of carbonyl (C=O) groups excluding carboxylic acids is 1. The van der Waals surface area contributed by atoms with E-state index in [0.29, 0.717) is 13.2 Å². The highest BCUT2D eigenvalue weighted by molar-refractivity contribution is 7.92. The molecule has 0 radical (unpaired) electrons. The van der Waals surface area contributed by atoms with Gasteiger partial charge in [0.05, 0.1) is 0 Å². The molecule has 0 saturated heterocycles. The van der Waals surface area contributed by atoms with Crippen LogP contribution in [0.1, 0.15) is 18.4 Å². The van der Waals surface area contributed by atoms with Crippen molar-refractivity contribution < 1.29 is 17.9 Å². The highest BCUT2D eigenvalue weighted by Gasteiger charge is 2.10. The van der Waals surface area contributed by atoms with E-state index in [-0.39, 0.29) is 18.9 Å². The SMILES string of the molecule is COCCCN(C)C(=O)CCNS(=O)(=O)/C=C/c1ccccc1. The summed E-state index contributed by atoms with van der Waals surface area (Å²) >= 11 is 0. The first-order chi connectivity index (χ1) is 10.9. The molecule has 0 atom stereocenters. The maximum absolute atomic E-state index is 11.8. The van der Waals surface area contributed by atoms with E-state index in [1.54, 1.807) is 19.1 Å². The van der Waals surface area contributed by atoms with Crippen LogP contribution in [0.5, 0.6) is 0 Å². The van der Waals surface area contributed by atoms with Gasteiger partial charge in [-0.05, 0) is 18.1 Å². The van der Waals surface area contributed by atoms with E-state index in [1.165, 1.54) is 6.08 Å². The van der Waals surface area contributed by atoms with Crippen LogP contribution in [-0.4, -0.2) is 53.1 Å². The van der Waals surface area contributed by atoms with E-state index >= 15 is 0 Å². The minimum atomic E-state index is -3.54.